The van der Waals surface area contributed by atoms with E-state index in [4.69, 9.17) is 28.2 Å². The van der Waals surface area contributed by atoms with Gasteiger partial charge in [-0.15, -0.1) is 11.3 Å². The van der Waals surface area contributed by atoms with Crippen molar-refractivity contribution in [1.29, 1.82) is 0 Å². The fraction of sp³-hybridized carbons (Fsp3) is 0.429. The molecule has 1 aliphatic carbocycles. The SMILES string of the molecule is CCC(Nc1nc(-c2ccc(Cl)cc2Cl)c(C)s1)C(c1cn(C)cn1)C1CC1. The van der Waals surface area contributed by atoms with Gasteiger partial charge in [-0.3, -0.25) is 0 Å². The number of anilines is 1. The normalized spacial score (nSPS) is 16.2. The second kappa shape index (κ2) is 8.05. The number of thiazole rings is 1. The standard InChI is InChI=1S/C21H24Cl2N4S/c1-4-17(19(13-5-6-13)18-10-27(3)11-24-18)25-21-26-20(12(2)28-21)15-8-7-14(22)9-16(15)23/h7-11,13,17,19H,4-6H2,1-3H3,(H,25,26). The lowest BCUT2D eigenvalue weighted by Gasteiger charge is -2.25. The summed E-state index contributed by atoms with van der Waals surface area (Å²) in [5.41, 5.74) is 3.02. The lowest BCUT2D eigenvalue weighted by molar-refractivity contribution is 0.488. The van der Waals surface area contributed by atoms with Gasteiger partial charge in [0.2, 0.25) is 0 Å². The largest absolute Gasteiger partial charge is 0.358 e. The molecule has 1 fully saturated rings. The summed E-state index contributed by atoms with van der Waals surface area (Å²) in [6, 6.07) is 5.87. The van der Waals surface area contributed by atoms with Gasteiger partial charge in [-0.25, -0.2) is 9.97 Å². The molecule has 3 aromatic rings. The van der Waals surface area contributed by atoms with Crippen LogP contribution in [0.4, 0.5) is 5.13 Å². The van der Waals surface area contributed by atoms with Crippen molar-refractivity contribution in [2.24, 2.45) is 13.0 Å². The minimum absolute atomic E-state index is 0.307. The van der Waals surface area contributed by atoms with Crippen LogP contribution in [0.3, 0.4) is 0 Å². The van der Waals surface area contributed by atoms with Crippen LogP contribution in [0, 0.1) is 12.8 Å². The number of benzene rings is 1. The van der Waals surface area contributed by atoms with Crippen molar-refractivity contribution < 1.29 is 0 Å². The molecule has 0 radical (unpaired) electrons. The molecule has 2 atom stereocenters. The zero-order valence-corrected chi connectivity index (χ0v) is 18.6. The molecule has 7 heteroatoms. The number of imidazole rings is 1. The van der Waals surface area contributed by atoms with Crippen molar-refractivity contribution in [2.45, 2.75) is 45.1 Å². The Labute approximate surface area is 179 Å². The van der Waals surface area contributed by atoms with Crippen molar-refractivity contribution in [2.75, 3.05) is 5.32 Å². The summed E-state index contributed by atoms with van der Waals surface area (Å²) in [5.74, 6) is 1.12. The van der Waals surface area contributed by atoms with Gasteiger partial charge in [-0.05, 0) is 50.3 Å². The molecule has 0 bridgehead atoms. The number of aryl methyl sites for hydroxylation is 2. The van der Waals surface area contributed by atoms with E-state index in [0.717, 1.165) is 27.7 Å². The smallest absolute Gasteiger partial charge is 0.183 e. The van der Waals surface area contributed by atoms with E-state index < -0.39 is 0 Å². The van der Waals surface area contributed by atoms with Gasteiger partial charge in [0.15, 0.2) is 5.13 Å². The molecule has 0 spiro atoms. The van der Waals surface area contributed by atoms with E-state index in [1.54, 1.807) is 17.4 Å². The summed E-state index contributed by atoms with van der Waals surface area (Å²) in [7, 11) is 2.03. The van der Waals surface area contributed by atoms with E-state index in [2.05, 4.69) is 30.3 Å². The molecule has 1 aliphatic rings. The van der Waals surface area contributed by atoms with E-state index in [-0.39, 0.29) is 0 Å². The van der Waals surface area contributed by atoms with E-state index in [1.807, 2.05) is 30.1 Å². The van der Waals surface area contributed by atoms with Gasteiger partial charge in [0.25, 0.3) is 0 Å². The second-order valence-electron chi connectivity index (χ2n) is 7.53. The average Bonchev–Trinajstić information content (AvgIpc) is 3.29. The predicted molar refractivity (Wildman–Crippen MR) is 119 cm³/mol. The zero-order valence-electron chi connectivity index (χ0n) is 16.2. The Hall–Kier alpha value is -1.56. The van der Waals surface area contributed by atoms with Crippen molar-refractivity contribution in [1.82, 2.24) is 14.5 Å². The molecule has 4 rings (SSSR count). The first-order valence-electron chi connectivity index (χ1n) is 9.63. The Kier molecular flexibility index (Phi) is 5.68. The van der Waals surface area contributed by atoms with Gasteiger partial charge in [0.1, 0.15) is 0 Å². The number of nitrogens with one attached hydrogen (secondary N) is 1. The van der Waals surface area contributed by atoms with Crippen LogP contribution >= 0.6 is 34.5 Å². The third-order valence-corrected chi connectivity index (χ3v) is 6.81. The quantitative estimate of drug-likeness (QED) is 0.458. The third-order valence-electron chi connectivity index (χ3n) is 5.36. The van der Waals surface area contributed by atoms with Crippen LogP contribution in [-0.2, 0) is 7.05 Å². The summed E-state index contributed by atoms with van der Waals surface area (Å²) in [4.78, 5) is 10.7. The number of hydrogen-bond acceptors (Lipinski definition) is 4. The highest BCUT2D eigenvalue weighted by molar-refractivity contribution is 7.16. The summed E-state index contributed by atoms with van der Waals surface area (Å²) in [6.07, 6.45) is 7.63. The van der Waals surface area contributed by atoms with Crippen LogP contribution in [0.15, 0.2) is 30.7 Å². The molecule has 1 aromatic carbocycles. The number of aromatic nitrogens is 3. The summed E-state index contributed by atoms with van der Waals surface area (Å²) < 4.78 is 2.03. The highest BCUT2D eigenvalue weighted by Crippen LogP contribution is 2.46. The molecular formula is C21H24Cl2N4S. The van der Waals surface area contributed by atoms with Crippen LogP contribution in [0.1, 0.15) is 42.7 Å². The maximum atomic E-state index is 6.41. The molecule has 2 heterocycles. The molecule has 2 unspecified atom stereocenters. The van der Waals surface area contributed by atoms with Gasteiger partial charge in [-0.2, -0.15) is 0 Å². The molecule has 0 aliphatic heterocycles. The predicted octanol–water partition coefficient (Wildman–Crippen LogP) is 6.54. The fourth-order valence-corrected chi connectivity index (χ4v) is 5.22. The number of hydrogen-bond donors (Lipinski definition) is 1. The Morgan fingerprint density at radius 3 is 2.71 bits per heavy atom. The minimum Gasteiger partial charge on any atom is -0.358 e. The highest BCUT2D eigenvalue weighted by atomic mass is 35.5. The van der Waals surface area contributed by atoms with E-state index in [1.165, 1.54) is 18.5 Å². The number of nitrogens with zero attached hydrogens (tertiary/aromatic N) is 3. The van der Waals surface area contributed by atoms with E-state index in [9.17, 15) is 0 Å². The third kappa shape index (κ3) is 4.07. The Bertz CT molecular complexity index is 977. The molecule has 1 N–H and O–H groups in total. The topological polar surface area (TPSA) is 42.7 Å². The monoisotopic (exact) mass is 434 g/mol. The average molecular weight is 435 g/mol. The summed E-state index contributed by atoms with van der Waals surface area (Å²) in [6.45, 7) is 4.31. The van der Waals surface area contributed by atoms with Crippen molar-refractivity contribution in [3.63, 3.8) is 0 Å². The molecular weight excluding hydrogens is 411 g/mol. The lowest BCUT2D eigenvalue weighted by atomic mass is 9.90. The Balaban J connectivity index is 1.60. The number of rotatable bonds is 7. The van der Waals surface area contributed by atoms with Crippen LogP contribution in [-0.4, -0.2) is 20.6 Å². The summed E-state index contributed by atoms with van der Waals surface area (Å²) >= 11 is 14.1. The summed E-state index contributed by atoms with van der Waals surface area (Å²) in [5, 5.41) is 5.91. The lowest BCUT2D eigenvalue weighted by Crippen LogP contribution is -2.28. The zero-order chi connectivity index (χ0) is 19.8. The van der Waals surface area contributed by atoms with Crippen molar-refractivity contribution in [3.05, 3.63) is 51.3 Å². The first kappa shape index (κ1) is 19.7. The van der Waals surface area contributed by atoms with Gasteiger partial charge in [0.05, 0.1) is 22.7 Å². The maximum Gasteiger partial charge on any atom is 0.183 e. The van der Waals surface area contributed by atoms with Gasteiger partial charge < -0.3 is 9.88 Å². The van der Waals surface area contributed by atoms with Crippen LogP contribution < -0.4 is 5.32 Å². The minimum atomic E-state index is 0.307. The van der Waals surface area contributed by atoms with Crippen molar-refractivity contribution in [3.8, 4) is 11.3 Å². The fourth-order valence-electron chi connectivity index (χ4n) is 3.83. The molecule has 2 aromatic heterocycles. The van der Waals surface area contributed by atoms with Gasteiger partial charge >= 0.3 is 0 Å². The van der Waals surface area contributed by atoms with Crippen molar-refractivity contribution >= 4 is 39.7 Å². The molecule has 0 saturated heterocycles. The Morgan fingerprint density at radius 1 is 1.32 bits per heavy atom. The van der Waals surface area contributed by atoms with E-state index in [0.29, 0.717) is 27.9 Å². The van der Waals surface area contributed by atoms with Crippen LogP contribution in [0.5, 0.6) is 0 Å². The molecule has 1 saturated carbocycles. The first-order valence-corrected chi connectivity index (χ1v) is 11.2. The highest BCUT2D eigenvalue weighted by Gasteiger charge is 2.38. The molecule has 28 heavy (non-hydrogen) atoms. The van der Waals surface area contributed by atoms with Gasteiger partial charge in [0, 0.05) is 40.7 Å². The Morgan fingerprint density at radius 2 is 2.11 bits per heavy atom. The van der Waals surface area contributed by atoms with Crippen LogP contribution in [0.25, 0.3) is 11.3 Å². The molecule has 148 valence electrons. The van der Waals surface area contributed by atoms with Crippen LogP contribution in [0.2, 0.25) is 10.0 Å². The van der Waals surface area contributed by atoms with E-state index >= 15 is 0 Å². The molecule has 0 amide bonds. The second-order valence-corrected chi connectivity index (χ2v) is 9.58. The maximum absolute atomic E-state index is 6.41. The molecule has 4 nitrogen and oxygen atoms in total. The number of halogens is 2. The van der Waals surface area contributed by atoms with Gasteiger partial charge in [-0.1, -0.05) is 30.1 Å². The first-order chi connectivity index (χ1) is 13.5.